The van der Waals surface area contributed by atoms with Gasteiger partial charge in [-0.25, -0.2) is 4.79 Å². The standard InChI is InChI=1S/C19H30BrNO2/c1-8-9-21(17(22)23-19(5,6)7)13-14-10-15(18(2,3)4)12-16(20)11-14/h10-12H,8-9,13H2,1-7H3. The van der Waals surface area contributed by atoms with Crippen molar-refractivity contribution in [2.75, 3.05) is 6.54 Å². The van der Waals surface area contributed by atoms with Crippen LogP contribution in [0.4, 0.5) is 4.79 Å². The van der Waals surface area contributed by atoms with Crippen LogP contribution in [0.2, 0.25) is 0 Å². The summed E-state index contributed by atoms with van der Waals surface area (Å²) in [5.74, 6) is 0. The molecule has 0 aliphatic carbocycles. The summed E-state index contributed by atoms with van der Waals surface area (Å²) >= 11 is 3.59. The van der Waals surface area contributed by atoms with Crippen LogP contribution in [-0.2, 0) is 16.7 Å². The number of carbonyl (C=O) groups excluding carboxylic acids is 1. The molecule has 0 heterocycles. The van der Waals surface area contributed by atoms with Crippen LogP contribution in [0.1, 0.15) is 66.0 Å². The van der Waals surface area contributed by atoms with E-state index in [1.807, 2.05) is 20.8 Å². The Balaban J connectivity index is 3.01. The predicted molar refractivity (Wildman–Crippen MR) is 99.8 cm³/mol. The lowest BCUT2D eigenvalue weighted by molar-refractivity contribution is 0.0233. The van der Waals surface area contributed by atoms with Crippen molar-refractivity contribution in [3.05, 3.63) is 33.8 Å². The quantitative estimate of drug-likeness (QED) is 0.647. The van der Waals surface area contributed by atoms with E-state index in [0.717, 1.165) is 16.5 Å². The van der Waals surface area contributed by atoms with Crippen molar-refractivity contribution in [3.8, 4) is 0 Å². The number of amides is 1. The maximum absolute atomic E-state index is 12.4. The third kappa shape index (κ3) is 6.94. The van der Waals surface area contributed by atoms with Gasteiger partial charge in [-0.1, -0.05) is 49.7 Å². The summed E-state index contributed by atoms with van der Waals surface area (Å²) in [5, 5.41) is 0. The number of hydrogen-bond acceptors (Lipinski definition) is 2. The first kappa shape index (κ1) is 20.0. The van der Waals surface area contributed by atoms with Crippen LogP contribution in [0.25, 0.3) is 0 Å². The highest BCUT2D eigenvalue weighted by atomic mass is 79.9. The molecule has 0 N–H and O–H groups in total. The molecule has 0 unspecified atom stereocenters. The molecule has 23 heavy (non-hydrogen) atoms. The van der Waals surface area contributed by atoms with Gasteiger partial charge >= 0.3 is 6.09 Å². The topological polar surface area (TPSA) is 29.5 Å². The minimum absolute atomic E-state index is 0.0695. The minimum Gasteiger partial charge on any atom is -0.444 e. The normalized spacial score (nSPS) is 12.2. The Morgan fingerprint density at radius 2 is 1.74 bits per heavy atom. The number of halogens is 1. The number of benzene rings is 1. The molecule has 0 saturated heterocycles. The molecule has 1 amide bonds. The molecule has 0 aromatic heterocycles. The van der Waals surface area contributed by atoms with Crippen LogP contribution in [-0.4, -0.2) is 23.1 Å². The van der Waals surface area contributed by atoms with Crippen molar-refractivity contribution < 1.29 is 9.53 Å². The minimum atomic E-state index is -0.475. The smallest absolute Gasteiger partial charge is 0.410 e. The highest BCUT2D eigenvalue weighted by molar-refractivity contribution is 9.10. The maximum atomic E-state index is 12.4. The zero-order chi connectivity index (χ0) is 17.8. The highest BCUT2D eigenvalue weighted by Crippen LogP contribution is 2.27. The maximum Gasteiger partial charge on any atom is 0.410 e. The second kappa shape index (κ2) is 7.69. The Hall–Kier alpha value is -1.03. The number of nitrogens with zero attached hydrogens (tertiary/aromatic N) is 1. The van der Waals surface area contributed by atoms with Gasteiger partial charge < -0.3 is 9.64 Å². The molecule has 0 radical (unpaired) electrons. The molecule has 0 fully saturated rings. The molecule has 0 spiro atoms. The SMILES string of the molecule is CCCN(Cc1cc(Br)cc(C(C)(C)C)c1)C(=O)OC(C)(C)C. The molecule has 0 saturated carbocycles. The van der Waals surface area contributed by atoms with Crippen molar-refractivity contribution in [3.63, 3.8) is 0 Å². The Bertz CT molecular complexity index is 541. The lowest BCUT2D eigenvalue weighted by atomic mass is 9.86. The average molecular weight is 384 g/mol. The molecule has 0 aliphatic rings. The summed E-state index contributed by atoms with van der Waals surface area (Å²) in [6, 6.07) is 6.39. The summed E-state index contributed by atoms with van der Waals surface area (Å²) in [6.45, 7) is 15.6. The van der Waals surface area contributed by atoms with Gasteiger partial charge in [-0.3, -0.25) is 0 Å². The lowest BCUT2D eigenvalue weighted by Crippen LogP contribution is -2.37. The Morgan fingerprint density at radius 3 is 2.22 bits per heavy atom. The van der Waals surface area contributed by atoms with E-state index in [1.54, 1.807) is 4.90 Å². The fourth-order valence-corrected chi connectivity index (χ4v) is 2.77. The molecule has 0 bridgehead atoms. The van der Waals surface area contributed by atoms with E-state index in [4.69, 9.17) is 4.74 Å². The van der Waals surface area contributed by atoms with E-state index in [-0.39, 0.29) is 11.5 Å². The van der Waals surface area contributed by atoms with Gasteiger partial charge in [-0.2, -0.15) is 0 Å². The van der Waals surface area contributed by atoms with Gasteiger partial charge in [0, 0.05) is 17.6 Å². The summed E-state index contributed by atoms with van der Waals surface area (Å²) < 4.78 is 6.57. The summed E-state index contributed by atoms with van der Waals surface area (Å²) in [6.07, 6.45) is 0.649. The van der Waals surface area contributed by atoms with Crippen LogP contribution in [0.15, 0.2) is 22.7 Å². The lowest BCUT2D eigenvalue weighted by Gasteiger charge is -2.28. The molecule has 1 rings (SSSR count). The number of rotatable bonds is 4. The summed E-state index contributed by atoms with van der Waals surface area (Å²) in [7, 11) is 0. The highest BCUT2D eigenvalue weighted by Gasteiger charge is 2.22. The molecule has 3 nitrogen and oxygen atoms in total. The van der Waals surface area contributed by atoms with Gasteiger partial charge in [0.25, 0.3) is 0 Å². The van der Waals surface area contributed by atoms with Gasteiger partial charge in [0.05, 0.1) is 0 Å². The van der Waals surface area contributed by atoms with Crippen LogP contribution >= 0.6 is 15.9 Å². The van der Waals surface area contributed by atoms with Gasteiger partial charge in [-0.05, 0) is 55.9 Å². The molecular formula is C19H30BrNO2. The first-order valence-electron chi connectivity index (χ1n) is 8.20. The van der Waals surface area contributed by atoms with Gasteiger partial charge in [0.2, 0.25) is 0 Å². The summed E-state index contributed by atoms with van der Waals surface area (Å²) in [5.41, 5.74) is 1.96. The zero-order valence-electron chi connectivity index (χ0n) is 15.5. The van der Waals surface area contributed by atoms with E-state index in [9.17, 15) is 4.79 Å². The second-order valence-electron chi connectivity index (χ2n) is 8.00. The average Bonchev–Trinajstić information content (AvgIpc) is 2.34. The van der Waals surface area contributed by atoms with E-state index in [0.29, 0.717) is 13.1 Å². The Kier molecular flexibility index (Phi) is 6.70. The molecule has 0 aliphatic heterocycles. The van der Waals surface area contributed by atoms with Crippen LogP contribution in [0, 0.1) is 0 Å². The fraction of sp³-hybridized carbons (Fsp3) is 0.632. The predicted octanol–water partition coefficient (Wildman–Crippen LogP) is 5.89. The van der Waals surface area contributed by atoms with E-state index in [2.05, 4.69) is 61.8 Å². The van der Waals surface area contributed by atoms with E-state index < -0.39 is 5.60 Å². The second-order valence-corrected chi connectivity index (χ2v) is 8.92. The van der Waals surface area contributed by atoms with Crippen molar-refractivity contribution >= 4 is 22.0 Å². The largest absolute Gasteiger partial charge is 0.444 e. The Labute approximate surface area is 149 Å². The Morgan fingerprint density at radius 1 is 1.13 bits per heavy atom. The van der Waals surface area contributed by atoms with Crippen molar-refractivity contribution in [1.82, 2.24) is 4.90 Å². The number of ether oxygens (including phenoxy) is 1. The monoisotopic (exact) mass is 383 g/mol. The third-order valence-corrected chi connectivity index (χ3v) is 3.80. The van der Waals surface area contributed by atoms with E-state index in [1.165, 1.54) is 5.56 Å². The van der Waals surface area contributed by atoms with Crippen LogP contribution in [0.5, 0.6) is 0 Å². The third-order valence-electron chi connectivity index (χ3n) is 3.34. The van der Waals surface area contributed by atoms with E-state index >= 15 is 0 Å². The number of hydrogen-bond donors (Lipinski definition) is 0. The molecule has 1 aromatic rings. The first-order chi connectivity index (χ1) is 10.4. The molecule has 4 heteroatoms. The molecule has 1 aromatic carbocycles. The first-order valence-corrected chi connectivity index (χ1v) is 8.99. The van der Waals surface area contributed by atoms with Gasteiger partial charge in [0.15, 0.2) is 0 Å². The zero-order valence-corrected chi connectivity index (χ0v) is 17.1. The number of carbonyl (C=O) groups is 1. The summed E-state index contributed by atoms with van der Waals surface area (Å²) in [4.78, 5) is 14.2. The fourth-order valence-electron chi connectivity index (χ4n) is 2.23. The van der Waals surface area contributed by atoms with Gasteiger partial charge in [0.1, 0.15) is 5.60 Å². The molecule has 0 atom stereocenters. The molecule has 130 valence electrons. The van der Waals surface area contributed by atoms with Crippen LogP contribution < -0.4 is 0 Å². The van der Waals surface area contributed by atoms with Gasteiger partial charge in [-0.15, -0.1) is 0 Å². The van der Waals surface area contributed by atoms with Crippen molar-refractivity contribution in [1.29, 1.82) is 0 Å². The van der Waals surface area contributed by atoms with Crippen molar-refractivity contribution in [2.24, 2.45) is 0 Å². The van der Waals surface area contributed by atoms with Crippen molar-refractivity contribution in [2.45, 2.75) is 72.4 Å². The van der Waals surface area contributed by atoms with Crippen LogP contribution in [0.3, 0.4) is 0 Å². The molecular weight excluding hydrogens is 354 g/mol.